The van der Waals surface area contributed by atoms with Crippen LogP contribution in [0.3, 0.4) is 0 Å². The maximum atomic E-state index is 4.82. The minimum Gasteiger partial charge on any atom is -0.275 e. The highest BCUT2D eigenvalue weighted by molar-refractivity contribution is 6.22. The zero-order chi connectivity index (χ0) is 41.4. The minimum absolute atomic E-state index is 0.150. The van der Waals surface area contributed by atoms with Crippen LogP contribution in [0.2, 0.25) is 0 Å². The van der Waals surface area contributed by atoms with E-state index in [1.807, 2.05) is 24.3 Å². The number of para-hydroxylation sites is 1. The van der Waals surface area contributed by atoms with Crippen molar-refractivity contribution in [3.05, 3.63) is 223 Å². The molecule has 11 aromatic rings. The lowest BCUT2D eigenvalue weighted by atomic mass is 9.79. The van der Waals surface area contributed by atoms with E-state index in [4.69, 9.17) is 10.2 Å². The van der Waals surface area contributed by atoms with Crippen LogP contribution in [0.5, 0.6) is 0 Å². The van der Waals surface area contributed by atoms with Crippen LogP contribution in [0.1, 0.15) is 25.0 Å². The quantitative estimate of drug-likeness (QED) is 0.157. The molecule has 0 amide bonds. The fraction of sp³-hybridized carbons (Fsp3) is 0.0508. The van der Waals surface area contributed by atoms with Crippen LogP contribution in [-0.4, -0.2) is 14.8 Å². The van der Waals surface area contributed by atoms with Gasteiger partial charge in [-0.1, -0.05) is 196 Å². The van der Waals surface area contributed by atoms with Gasteiger partial charge in [0.25, 0.3) is 0 Å². The second kappa shape index (κ2) is 14.1. The molecule has 0 saturated carbocycles. The van der Waals surface area contributed by atoms with Crippen LogP contribution >= 0.6 is 0 Å². The smallest absolute Gasteiger partial charge is 0.168 e. The summed E-state index contributed by atoms with van der Waals surface area (Å²) in [5.41, 5.74) is 15.6. The van der Waals surface area contributed by atoms with Gasteiger partial charge < -0.3 is 0 Å². The third kappa shape index (κ3) is 5.59. The van der Waals surface area contributed by atoms with E-state index < -0.39 is 0 Å². The van der Waals surface area contributed by atoms with E-state index in [1.165, 1.54) is 82.4 Å². The van der Waals surface area contributed by atoms with Crippen molar-refractivity contribution in [3.63, 3.8) is 0 Å². The Morgan fingerprint density at radius 3 is 1.61 bits per heavy atom. The fourth-order valence-corrected chi connectivity index (χ4v) is 10.2. The summed E-state index contributed by atoms with van der Waals surface area (Å²) in [5.74, 6) is 1.61. The first kappa shape index (κ1) is 36.0. The summed E-state index contributed by atoms with van der Waals surface area (Å²) in [6.45, 7) is 4.75. The Morgan fingerprint density at radius 2 is 0.855 bits per heavy atom. The molecule has 12 rings (SSSR count). The number of benzene rings is 10. The summed E-state index contributed by atoms with van der Waals surface area (Å²) in [5, 5.41) is 17.0. The Morgan fingerprint density at radius 1 is 0.339 bits per heavy atom. The molecule has 0 aliphatic heterocycles. The molecule has 0 N–H and O–H groups in total. The molecule has 3 nitrogen and oxygen atoms in total. The highest BCUT2D eigenvalue weighted by atomic mass is 15.3. The summed E-state index contributed by atoms with van der Waals surface area (Å²) >= 11 is 0. The number of hydrogen-bond donors (Lipinski definition) is 0. The van der Waals surface area contributed by atoms with Crippen molar-refractivity contribution < 1.29 is 0 Å². The van der Waals surface area contributed by atoms with Crippen molar-refractivity contribution in [3.8, 4) is 73.0 Å². The van der Waals surface area contributed by atoms with Gasteiger partial charge in [0.05, 0.1) is 0 Å². The molecule has 0 fully saturated rings. The number of nitrogens with zero attached hydrogens (tertiary/aromatic N) is 3. The molecule has 0 saturated heterocycles. The third-order valence-corrected chi connectivity index (χ3v) is 13.1. The molecule has 1 heterocycles. The number of aromatic nitrogens is 3. The van der Waals surface area contributed by atoms with Crippen LogP contribution in [0, 0.1) is 0 Å². The zero-order valence-corrected chi connectivity index (χ0v) is 34.5. The van der Waals surface area contributed by atoms with Crippen LogP contribution < -0.4 is 0 Å². The normalized spacial score (nSPS) is 12.8. The predicted molar refractivity (Wildman–Crippen MR) is 259 cm³/mol. The maximum absolute atomic E-state index is 4.82. The van der Waals surface area contributed by atoms with Crippen LogP contribution in [0.4, 0.5) is 0 Å². The Kier molecular flexibility index (Phi) is 8.20. The maximum Gasteiger partial charge on any atom is 0.168 e. The first-order valence-corrected chi connectivity index (χ1v) is 21.4. The summed E-state index contributed by atoms with van der Waals surface area (Å²) in [6.07, 6.45) is 0. The predicted octanol–water partition coefficient (Wildman–Crippen LogP) is 15.4. The lowest BCUT2D eigenvalue weighted by molar-refractivity contribution is 0.661. The molecule has 0 bridgehead atoms. The Balaban J connectivity index is 1.10. The van der Waals surface area contributed by atoms with Crippen molar-refractivity contribution >= 4 is 32.3 Å². The monoisotopic (exact) mass is 791 g/mol. The molecule has 0 radical (unpaired) electrons. The van der Waals surface area contributed by atoms with Gasteiger partial charge in [0, 0.05) is 22.2 Å². The first-order valence-electron chi connectivity index (χ1n) is 21.4. The molecule has 1 aliphatic carbocycles. The van der Waals surface area contributed by atoms with Crippen molar-refractivity contribution in [1.29, 1.82) is 0 Å². The van der Waals surface area contributed by atoms with E-state index in [1.54, 1.807) is 0 Å². The highest BCUT2D eigenvalue weighted by Crippen LogP contribution is 2.53. The van der Waals surface area contributed by atoms with Crippen molar-refractivity contribution in [2.75, 3.05) is 0 Å². The van der Waals surface area contributed by atoms with Gasteiger partial charge in [0.2, 0.25) is 0 Å². The highest BCUT2D eigenvalue weighted by Gasteiger charge is 2.36. The van der Waals surface area contributed by atoms with E-state index in [2.05, 4.69) is 206 Å². The number of fused-ring (bicyclic) bond motifs is 6. The topological polar surface area (TPSA) is 30.7 Å². The standard InChI is InChI=1S/C59H41N3/c1-59(2)53-30-14-13-26-47(53)50-36-51-52(37-54(50)59)56(43-22-15-21-42(35-43)46-29-16-20-38-17-9-10-25-45(38)46)49-28-12-11-27-48(49)55(51)39-31-33-41(34-32-39)58-61-60-57(40-18-5-3-6-19-40)62(58)44-23-7-4-8-24-44/h3-37H,1-2H3. The number of hydrogen-bond acceptors (Lipinski definition) is 2. The van der Waals surface area contributed by atoms with E-state index in [0.29, 0.717) is 0 Å². The molecule has 1 aliphatic rings. The molecule has 10 aromatic carbocycles. The van der Waals surface area contributed by atoms with Gasteiger partial charge in [-0.05, 0) is 118 Å². The SMILES string of the molecule is CC1(C)c2ccccc2-c2cc3c(-c4ccc(-c5nnc(-c6ccccc6)n5-c5ccccc5)cc4)c4ccccc4c(-c4cccc(-c5cccc6ccccc56)c4)c3cc21. The third-order valence-electron chi connectivity index (χ3n) is 13.1. The molecule has 0 unspecified atom stereocenters. The number of rotatable bonds is 6. The zero-order valence-electron chi connectivity index (χ0n) is 34.5. The first-order chi connectivity index (χ1) is 30.5. The van der Waals surface area contributed by atoms with Crippen molar-refractivity contribution in [1.82, 2.24) is 14.8 Å². The molecule has 62 heavy (non-hydrogen) atoms. The average molecular weight is 792 g/mol. The second-order valence-electron chi connectivity index (χ2n) is 17.0. The van der Waals surface area contributed by atoms with Crippen LogP contribution in [0.25, 0.3) is 105 Å². The van der Waals surface area contributed by atoms with Gasteiger partial charge in [-0.3, -0.25) is 4.57 Å². The molecular weight excluding hydrogens is 751 g/mol. The summed E-state index contributed by atoms with van der Waals surface area (Å²) in [7, 11) is 0. The molecule has 292 valence electrons. The molecule has 1 aromatic heterocycles. The summed E-state index contributed by atoms with van der Waals surface area (Å²) in [4.78, 5) is 0. The van der Waals surface area contributed by atoms with Crippen LogP contribution in [0.15, 0.2) is 212 Å². The van der Waals surface area contributed by atoms with Gasteiger partial charge in [0.1, 0.15) is 0 Å². The van der Waals surface area contributed by atoms with Crippen LogP contribution in [-0.2, 0) is 5.41 Å². The van der Waals surface area contributed by atoms with Gasteiger partial charge in [-0.25, -0.2) is 0 Å². The lowest BCUT2D eigenvalue weighted by Gasteiger charge is -2.24. The summed E-state index contributed by atoms with van der Waals surface area (Å²) in [6, 6.07) is 77.1. The Labute approximate surface area is 361 Å². The minimum atomic E-state index is -0.150. The Hall–Kier alpha value is -7.88. The molecular formula is C59H41N3. The molecule has 0 atom stereocenters. The summed E-state index contributed by atoms with van der Waals surface area (Å²) < 4.78 is 2.17. The second-order valence-corrected chi connectivity index (χ2v) is 17.0. The van der Waals surface area contributed by atoms with Crippen molar-refractivity contribution in [2.24, 2.45) is 0 Å². The van der Waals surface area contributed by atoms with E-state index in [9.17, 15) is 0 Å². The molecule has 0 spiro atoms. The van der Waals surface area contributed by atoms with E-state index in [-0.39, 0.29) is 5.41 Å². The van der Waals surface area contributed by atoms with Gasteiger partial charge in [0.15, 0.2) is 11.6 Å². The fourth-order valence-electron chi connectivity index (χ4n) is 10.2. The average Bonchev–Trinajstić information content (AvgIpc) is 3.87. The lowest BCUT2D eigenvalue weighted by Crippen LogP contribution is -2.14. The largest absolute Gasteiger partial charge is 0.275 e. The van der Waals surface area contributed by atoms with Gasteiger partial charge >= 0.3 is 0 Å². The molecule has 3 heteroatoms. The van der Waals surface area contributed by atoms with E-state index in [0.717, 1.165) is 34.0 Å². The van der Waals surface area contributed by atoms with Gasteiger partial charge in [-0.2, -0.15) is 0 Å². The Bertz CT molecular complexity index is 3520. The van der Waals surface area contributed by atoms with Gasteiger partial charge in [-0.15, -0.1) is 10.2 Å². The van der Waals surface area contributed by atoms with E-state index >= 15 is 0 Å². The van der Waals surface area contributed by atoms with Crippen molar-refractivity contribution in [2.45, 2.75) is 19.3 Å².